The van der Waals surface area contributed by atoms with Gasteiger partial charge < -0.3 is 5.32 Å². The summed E-state index contributed by atoms with van der Waals surface area (Å²) in [6, 6.07) is 1.31. The summed E-state index contributed by atoms with van der Waals surface area (Å²) in [6.07, 6.45) is 16.3. The molecule has 0 aromatic heterocycles. The first-order chi connectivity index (χ1) is 9.79. The first kappa shape index (κ1) is 16.0. The van der Waals surface area contributed by atoms with Crippen LogP contribution in [0.25, 0.3) is 0 Å². The van der Waals surface area contributed by atoms with Crippen molar-refractivity contribution in [2.75, 3.05) is 0 Å². The number of hydrogen-bond acceptors (Lipinski definition) is 2. The number of carbonyl (C=O) groups excluding carboxylic acids is 1. The highest BCUT2D eigenvalue weighted by Gasteiger charge is 2.35. The first-order valence-electron chi connectivity index (χ1n) is 9.08. The van der Waals surface area contributed by atoms with Gasteiger partial charge in [-0.05, 0) is 32.1 Å². The summed E-state index contributed by atoms with van der Waals surface area (Å²) in [5.74, 6) is 0.952. The van der Waals surface area contributed by atoms with Gasteiger partial charge in [-0.2, -0.15) is 0 Å². The molecule has 2 heterocycles. The summed E-state index contributed by atoms with van der Waals surface area (Å²) in [6.45, 7) is 2.26. The molecule has 0 aromatic rings. The third-order valence-corrected chi connectivity index (χ3v) is 5.21. The predicted octanol–water partition coefficient (Wildman–Crippen LogP) is 4.62. The highest BCUT2D eigenvalue weighted by Crippen LogP contribution is 2.32. The zero-order valence-corrected chi connectivity index (χ0v) is 13.3. The van der Waals surface area contributed by atoms with Gasteiger partial charge in [0.2, 0.25) is 0 Å². The molecule has 20 heavy (non-hydrogen) atoms. The summed E-state index contributed by atoms with van der Waals surface area (Å²) in [7, 11) is 0. The van der Waals surface area contributed by atoms with Gasteiger partial charge >= 0.3 is 0 Å². The molecular weight excluding hydrogens is 246 g/mol. The molecule has 1 N–H and O–H groups in total. The van der Waals surface area contributed by atoms with Crippen molar-refractivity contribution >= 4 is 5.78 Å². The Morgan fingerprint density at radius 1 is 0.900 bits per heavy atom. The van der Waals surface area contributed by atoms with Crippen molar-refractivity contribution < 1.29 is 4.79 Å². The van der Waals surface area contributed by atoms with Gasteiger partial charge in [-0.3, -0.25) is 4.79 Å². The summed E-state index contributed by atoms with van der Waals surface area (Å²) in [5, 5.41) is 3.62. The fourth-order valence-corrected chi connectivity index (χ4v) is 3.96. The molecule has 2 atom stereocenters. The van der Waals surface area contributed by atoms with Gasteiger partial charge in [0.1, 0.15) is 5.78 Å². The van der Waals surface area contributed by atoms with Gasteiger partial charge in [-0.1, -0.05) is 51.9 Å². The molecule has 2 fully saturated rings. The summed E-state index contributed by atoms with van der Waals surface area (Å²) in [5.41, 5.74) is 0. The Morgan fingerprint density at radius 3 is 2.05 bits per heavy atom. The van der Waals surface area contributed by atoms with E-state index in [2.05, 4.69) is 12.2 Å². The number of ketones is 1. The van der Waals surface area contributed by atoms with Crippen molar-refractivity contribution in [2.24, 2.45) is 5.92 Å². The van der Waals surface area contributed by atoms with E-state index in [0.29, 0.717) is 23.8 Å². The van der Waals surface area contributed by atoms with Crippen LogP contribution in [0.15, 0.2) is 0 Å². The molecule has 2 rings (SSSR count). The van der Waals surface area contributed by atoms with E-state index in [1.54, 1.807) is 0 Å². The Kier molecular flexibility index (Phi) is 7.06. The average molecular weight is 279 g/mol. The second-order valence-electron chi connectivity index (χ2n) is 7.00. The molecule has 2 nitrogen and oxygen atoms in total. The van der Waals surface area contributed by atoms with Crippen molar-refractivity contribution in [2.45, 2.75) is 102 Å². The van der Waals surface area contributed by atoms with Crippen molar-refractivity contribution in [3.8, 4) is 0 Å². The third-order valence-electron chi connectivity index (χ3n) is 5.21. The standard InChI is InChI=1S/C18H33NO/c1-2-3-4-5-6-7-8-9-10-18(20)15-13-16-11-12-17(14-15)19-16/h15-17,19H,2-14H2,1H3. The van der Waals surface area contributed by atoms with Crippen LogP contribution in [0.3, 0.4) is 0 Å². The molecule has 116 valence electrons. The second-order valence-corrected chi connectivity index (χ2v) is 7.00. The molecule has 2 bridgehead atoms. The van der Waals surface area contributed by atoms with Crippen LogP contribution in [0.4, 0.5) is 0 Å². The lowest BCUT2D eigenvalue weighted by Crippen LogP contribution is -2.40. The van der Waals surface area contributed by atoms with E-state index in [1.165, 1.54) is 57.8 Å². The topological polar surface area (TPSA) is 29.1 Å². The molecule has 0 aliphatic carbocycles. The minimum atomic E-state index is 0.387. The average Bonchev–Trinajstić information content (AvgIpc) is 2.80. The Morgan fingerprint density at radius 2 is 1.45 bits per heavy atom. The lowest BCUT2D eigenvalue weighted by atomic mass is 9.87. The van der Waals surface area contributed by atoms with E-state index in [0.717, 1.165) is 25.7 Å². The molecule has 2 aliphatic rings. The Balaban J connectivity index is 1.48. The molecule has 2 aliphatic heterocycles. The summed E-state index contributed by atoms with van der Waals surface area (Å²) in [4.78, 5) is 12.3. The maximum Gasteiger partial charge on any atom is 0.136 e. The number of Topliss-reactive ketones (excluding diaryl/α,β-unsaturated/α-hetero) is 1. The SMILES string of the molecule is CCCCCCCCCCC(=O)C1CC2CCC(C1)N2. The third kappa shape index (κ3) is 5.20. The number of nitrogens with one attached hydrogen (secondary N) is 1. The van der Waals surface area contributed by atoms with Gasteiger partial charge in [-0.15, -0.1) is 0 Å². The van der Waals surface area contributed by atoms with Crippen LogP contribution in [0.5, 0.6) is 0 Å². The molecule has 2 heteroatoms. The number of fused-ring (bicyclic) bond motifs is 2. The van der Waals surface area contributed by atoms with E-state index < -0.39 is 0 Å². The van der Waals surface area contributed by atoms with Gasteiger partial charge in [0.25, 0.3) is 0 Å². The van der Waals surface area contributed by atoms with Crippen molar-refractivity contribution in [1.29, 1.82) is 0 Å². The fraction of sp³-hybridized carbons (Fsp3) is 0.944. The number of unbranched alkanes of at least 4 members (excludes halogenated alkanes) is 7. The van der Waals surface area contributed by atoms with Crippen LogP contribution in [0, 0.1) is 5.92 Å². The van der Waals surface area contributed by atoms with Crippen molar-refractivity contribution in [1.82, 2.24) is 5.32 Å². The zero-order valence-electron chi connectivity index (χ0n) is 13.3. The molecule has 2 saturated heterocycles. The van der Waals surface area contributed by atoms with Crippen LogP contribution < -0.4 is 5.32 Å². The van der Waals surface area contributed by atoms with Gasteiger partial charge in [0, 0.05) is 24.4 Å². The van der Waals surface area contributed by atoms with E-state index >= 15 is 0 Å². The number of hydrogen-bond donors (Lipinski definition) is 1. The maximum atomic E-state index is 12.3. The van der Waals surface area contributed by atoms with Gasteiger partial charge in [0.05, 0.1) is 0 Å². The van der Waals surface area contributed by atoms with Gasteiger partial charge in [-0.25, -0.2) is 0 Å². The molecule has 0 amide bonds. The highest BCUT2D eigenvalue weighted by molar-refractivity contribution is 5.81. The number of carbonyl (C=O) groups is 1. The summed E-state index contributed by atoms with van der Waals surface area (Å²) < 4.78 is 0. The van der Waals surface area contributed by atoms with E-state index in [9.17, 15) is 4.79 Å². The molecular formula is C18H33NO. The maximum absolute atomic E-state index is 12.3. The molecule has 0 aromatic carbocycles. The van der Waals surface area contributed by atoms with Gasteiger partial charge in [0.15, 0.2) is 0 Å². The van der Waals surface area contributed by atoms with Crippen LogP contribution in [0.1, 0.15) is 90.4 Å². The Bertz CT molecular complexity index is 277. The molecule has 0 radical (unpaired) electrons. The quantitative estimate of drug-likeness (QED) is 0.591. The van der Waals surface area contributed by atoms with E-state index in [1.807, 2.05) is 0 Å². The largest absolute Gasteiger partial charge is 0.311 e. The predicted molar refractivity (Wildman–Crippen MR) is 84.9 cm³/mol. The van der Waals surface area contributed by atoms with Crippen LogP contribution in [-0.2, 0) is 4.79 Å². The molecule has 0 saturated carbocycles. The highest BCUT2D eigenvalue weighted by atomic mass is 16.1. The minimum absolute atomic E-state index is 0.387. The molecule has 0 spiro atoms. The van der Waals surface area contributed by atoms with Crippen LogP contribution in [0.2, 0.25) is 0 Å². The monoisotopic (exact) mass is 279 g/mol. The zero-order chi connectivity index (χ0) is 14.2. The van der Waals surface area contributed by atoms with Crippen LogP contribution >= 0.6 is 0 Å². The Labute approximate surface area is 125 Å². The molecule has 2 unspecified atom stereocenters. The second kappa shape index (κ2) is 8.81. The van der Waals surface area contributed by atoms with Crippen LogP contribution in [-0.4, -0.2) is 17.9 Å². The van der Waals surface area contributed by atoms with Crippen molar-refractivity contribution in [3.05, 3.63) is 0 Å². The lowest BCUT2D eigenvalue weighted by molar-refractivity contribution is -0.124. The van der Waals surface area contributed by atoms with Crippen molar-refractivity contribution in [3.63, 3.8) is 0 Å². The van der Waals surface area contributed by atoms with E-state index in [4.69, 9.17) is 0 Å². The minimum Gasteiger partial charge on any atom is -0.311 e. The lowest BCUT2D eigenvalue weighted by Gasteiger charge is -2.28. The van der Waals surface area contributed by atoms with E-state index in [-0.39, 0.29) is 0 Å². The number of rotatable bonds is 10. The smallest absolute Gasteiger partial charge is 0.136 e. The first-order valence-corrected chi connectivity index (χ1v) is 9.08. The fourth-order valence-electron chi connectivity index (χ4n) is 3.96. The summed E-state index contributed by atoms with van der Waals surface area (Å²) >= 11 is 0. The Hall–Kier alpha value is -0.370. The number of piperidine rings is 1. The normalized spacial score (nSPS) is 28.8.